The van der Waals surface area contributed by atoms with Gasteiger partial charge in [0, 0.05) is 37.2 Å². The van der Waals surface area contributed by atoms with Crippen LogP contribution in [0.15, 0.2) is 53.2 Å². The zero-order valence-corrected chi connectivity index (χ0v) is 21.7. The smallest absolute Gasteiger partial charge is 0.406 e. The van der Waals surface area contributed by atoms with Crippen LogP contribution in [0.4, 0.5) is 19.0 Å². The summed E-state index contributed by atoms with van der Waals surface area (Å²) in [6.07, 6.45) is 0.435. The molecule has 0 bridgehead atoms. The molecule has 0 N–H and O–H groups in total. The highest BCUT2D eigenvalue weighted by Crippen LogP contribution is 2.27. The van der Waals surface area contributed by atoms with Crippen LogP contribution in [-0.2, 0) is 11.3 Å². The van der Waals surface area contributed by atoms with Crippen LogP contribution >= 0.6 is 0 Å². The second kappa shape index (κ2) is 11.4. The molecule has 0 radical (unpaired) electrons. The SMILES string of the molecule is CCCOC1CCCN(c2cc(Cn3nc(-c4nc(-c5ccc(OC(F)(F)F)cc5)no4)cc3C)ccn2)C1. The van der Waals surface area contributed by atoms with Gasteiger partial charge in [-0.1, -0.05) is 12.1 Å². The number of hydrogen-bond donors (Lipinski definition) is 0. The first-order valence-electron chi connectivity index (χ1n) is 12.8. The third kappa shape index (κ3) is 6.75. The minimum Gasteiger partial charge on any atom is -0.406 e. The molecule has 1 aromatic carbocycles. The predicted molar refractivity (Wildman–Crippen MR) is 137 cm³/mol. The molecule has 1 aliphatic rings. The lowest BCUT2D eigenvalue weighted by atomic mass is 10.1. The highest BCUT2D eigenvalue weighted by atomic mass is 19.4. The fourth-order valence-electron chi connectivity index (χ4n) is 4.50. The first-order chi connectivity index (χ1) is 18.8. The number of alkyl halides is 3. The van der Waals surface area contributed by atoms with Crippen LogP contribution in [0.3, 0.4) is 0 Å². The summed E-state index contributed by atoms with van der Waals surface area (Å²) in [6.45, 7) is 7.15. The van der Waals surface area contributed by atoms with Gasteiger partial charge in [0.05, 0.1) is 12.6 Å². The Morgan fingerprint density at radius 1 is 1.13 bits per heavy atom. The van der Waals surface area contributed by atoms with E-state index < -0.39 is 6.36 Å². The first-order valence-corrected chi connectivity index (χ1v) is 12.8. The van der Waals surface area contributed by atoms with Gasteiger partial charge in [-0.2, -0.15) is 10.1 Å². The molecule has 1 atom stereocenters. The Bertz CT molecular complexity index is 1390. The van der Waals surface area contributed by atoms with Gasteiger partial charge in [0.1, 0.15) is 11.6 Å². The number of aryl methyl sites for hydroxylation is 1. The van der Waals surface area contributed by atoms with Gasteiger partial charge >= 0.3 is 6.36 Å². The number of pyridine rings is 1. The molecule has 5 rings (SSSR count). The number of piperidine rings is 1. The summed E-state index contributed by atoms with van der Waals surface area (Å²) >= 11 is 0. The monoisotopic (exact) mass is 542 g/mol. The summed E-state index contributed by atoms with van der Waals surface area (Å²) < 4.78 is 54.3. The molecule has 3 aromatic heterocycles. The third-order valence-electron chi connectivity index (χ3n) is 6.37. The maximum absolute atomic E-state index is 12.4. The Morgan fingerprint density at radius 2 is 1.95 bits per heavy atom. The van der Waals surface area contributed by atoms with Crippen molar-refractivity contribution in [3.05, 3.63) is 59.9 Å². The van der Waals surface area contributed by atoms with Gasteiger partial charge < -0.3 is 18.9 Å². The number of hydrogen-bond acceptors (Lipinski definition) is 8. The molecular formula is C27H29F3N6O3. The molecule has 1 aliphatic heterocycles. The molecule has 1 fully saturated rings. The Hall–Kier alpha value is -3.93. The largest absolute Gasteiger partial charge is 0.573 e. The van der Waals surface area contributed by atoms with E-state index >= 15 is 0 Å². The Morgan fingerprint density at radius 3 is 2.72 bits per heavy atom. The number of nitrogens with zero attached hydrogens (tertiary/aromatic N) is 6. The lowest BCUT2D eigenvalue weighted by Crippen LogP contribution is -2.40. The van der Waals surface area contributed by atoms with Crippen LogP contribution in [0.1, 0.15) is 37.4 Å². The number of benzene rings is 1. The van der Waals surface area contributed by atoms with Crippen LogP contribution in [0.25, 0.3) is 23.0 Å². The Balaban J connectivity index is 1.27. The fourth-order valence-corrected chi connectivity index (χ4v) is 4.50. The van der Waals surface area contributed by atoms with Crippen LogP contribution in [-0.4, -0.2) is 57.1 Å². The van der Waals surface area contributed by atoms with E-state index in [1.807, 2.05) is 29.9 Å². The average molecular weight is 543 g/mol. The van der Waals surface area contributed by atoms with E-state index in [4.69, 9.17) is 9.26 Å². The number of ether oxygens (including phenoxy) is 2. The summed E-state index contributed by atoms with van der Waals surface area (Å²) in [4.78, 5) is 11.2. The average Bonchev–Trinajstić information content (AvgIpc) is 3.55. The molecular weight excluding hydrogens is 513 g/mol. The highest BCUT2D eigenvalue weighted by molar-refractivity contribution is 5.59. The van der Waals surface area contributed by atoms with Gasteiger partial charge in [-0.25, -0.2) is 4.98 Å². The molecule has 9 nitrogen and oxygen atoms in total. The van der Waals surface area contributed by atoms with Crippen molar-refractivity contribution in [1.82, 2.24) is 24.9 Å². The zero-order valence-electron chi connectivity index (χ0n) is 21.7. The van der Waals surface area contributed by atoms with Crippen LogP contribution in [0, 0.1) is 6.92 Å². The summed E-state index contributed by atoms with van der Waals surface area (Å²) in [5, 5.41) is 8.60. The minimum absolute atomic E-state index is 0.212. The van der Waals surface area contributed by atoms with E-state index in [0.717, 1.165) is 56.0 Å². The van der Waals surface area contributed by atoms with Crippen molar-refractivity contribution in [3.63, 3.8) is 0 Å². The van der Waals surface area contributed by atoms with E-state index in [9.17, 15) is 13.2 Å². The van der Waals surface area contributed by atoms with Crippen LogP contribution in [0.5, 0.6) is 5.75 Å². The minimum atomic E-state index is -4.75. The fraction of sp³-hybridized carbons (Fsp3) is 0.407. The molecule has 1 saturated heterocycles. The molecule has 0 spiro atoms. The maximum atomic E-state index is 12.4. The van der Waals surface area contributed by atoms with Gasteiger partial charge in [-0.15, -0.1) is 13.2 Å². The molecule has 0 amide bonds. The van der Waals surface area contributed by atoms with Crippen molar-refractivity contribution in [3.8, 4) is 28.7 Å². The molecule has 1 unspecified atom stereocenters. The van der Waals surface area contributed by atoms with Crippen LogP contribution in [0.2, 0.25) is 0 Å². The van der Waals surface area contributed by atoms with E-state index in [2.05, 4.69) is 42.9 Å². The summed E-state index contributed by atoms with van der Waals surface area (Å²) in [6, 6.07) is 11.2. The van der Waals surface area contributed by atoms with Gasteiger partial charge in [0.25, 0.3) is 5.89 Å². The number of rotatable bonds is 9. The molecule has 4 aromatic rings. The van der Waals surface area contributed by atoms with E-state index in [-0.39, 0.29) is 23.6 Å². The van der Waals surface area contributed by atoms with Gasteiger partial charge in [0.15, 0.2) is 5.69 Å². The predicted octanol–water partition coefficient (Wildman–Crippen LogP) is 5.65. The normalized spacial score (nSPS) is 16.0. The second-order valence-electron chi connectivity index (χ2n) is 9.43. The quantitative estimate of drug-likeness (QED) is 0.268. The number of anilines is 1. The topological polar surface area (TPSA) is 91.3 Å². The molecule has 12 heteroatoms. The number of halogens is 3. The van der Waals surface area contributed by atoms with Crippen LogP contribution < -0.4 is 9.64 Å². The number of aromatic nitrogens is 5. The molecule has 0 aliphatic carbocycles. The standard InChI is InChI=1S/C27H29F3N6O3/c1-3-13-37-22-5-4-12-35(17-22)24-15-19(10-11-31-24)16-36-18(2)14-23(33-36)26-32-25(34-39-26)20-6-8-21(9-7-20)38-27(28,29)30/h6-11,14-15,22H,3-5,12-13,16-17H2,1-2H3. The summed E-state index contributed by atoms with van der Waals surface area (Å²) in [5.74, 6) is 1.05. The van der Waals surface area contributed by atoms with Crippen molar-refractivity contribution >= 4 is 5.82 Å². The van der Waals surface area contributed by atoms with Crippen molar-refractivity contribution in [2.75, 3.05) is 24.6 Å². The van der Waals surface area contributed by atoms with Crippen molar-refractivity contribution in [2.45, 2.75) is 52.1 Å². The van der Waals surface area contributed by atoms with Crippen molar-refractivity contribution in [1.29, 1.82) is 0 Å². The molecule has 206 valence electrons. The Kier molecular flexibility index (Phi) is 7.82. The highest BCUT2D eigenvalue weighted by Gasteiger charge is 2.31. The van der Waals surface area contributed by atoms with Gasteiger partial charge in [-0.05, 0) is 74.2 Å². The second-order valence-corrected chi connectivity index (χ2v) is 9.43. The van der Waals surface area contributed by atoms with E-state index in [1.54, 1.807) is 0 Å². The van der Waals surface area contributed by atoms with Gasteiger partial charge in [-0.3, -0.25) is 4.68 Å². The lowest BCUT2D eigenvalue weighted by molar-refractivity contribution is -0.274. The molecule has 4 heterocycles. The van der Waals surface area contributed by atoms with E-state index in [1.165, 1.54) is 24.3 Å². The van der Waals surface area contributed by atoms with E-state index in [0.29, 0.717) is 17.8 Å². The summed E-state index contributed by atoms with van der Waals surface area (Å²) in [5.41, 5.74) is 2.95. The molecule has 0 saturated carbocycles. The van der Waals surface area contributed by atoms with Crippen molar-refractivity contribution in [2.24, 2.45) is 0 Å². The Labute approximate surface area is 223 Å². The first kappa shape index (κ1) is 26.7. The zero-order chi connectivity index (χ0) is 27.4. The third-order valence-corrected chi connectivity index (χ3v) is 6.37. The van der Waals surface area contributed by atoms with Gasteiger partial charge in [0.2, 0.25) is 5.82 Å². The maximum Gasteiger partial charge on any atom is 0.573 e. The molecule has 39 heavy (non-hydrogen) atoms. The van der Waals surface area contributed by atoms with Crippen molar-refractivity contribution < 1.29 is 27.2 Å². The lowest BCUT2D eigenvalue weighted by Gasteiger charge is -2.33. The summed E-state index contributed by atoms with van der Waals surface area (Å²) in [7, 11) is 0.